The lowest BCUT2D eigenvalue weighted by molar-refractivity contribution is -0.156. The molecule has 0 aliphatic carbocycles. The summed E-state index contributed by atoms with van der Waals surface area (Å²) in [6.07, 6.45) is 3.26. The zero-order chi connectivity index (χ0) is 16.2. The van der Waals surface area contributed by atoms with E-state index in [1.807, 2.05) is 60.7 Å². The molecule has 0 saturated carbocycles. The minimum absolute atomic E-state index is 0.0751. The number of aliphatic hydroxyl groups is 1. The number of benzene rings is 2. The van der Waals surface area contributed by atoms with E-state index in [-0.39, 0.29) is 18.5 Å². The molecule has 0 amide bonds. The van der Waals surface area contributed by atoms with Gasteiger partial charge in [0.2, 0.25) is 0 Å². The van der Waals surface area contributed by atoms with Crippen molar-refractivity contribution in [1.29, 1.82) is 0 Å². The molecule has 1 aliphatic rings. The molecule has 2 unspecified atom stereocenters. The summed E-state index contributed by atoms with van der Waals surface area (Å²) in [5.41, 5.74) is 3.16. The molecule has 2 aromatic carbocycles. The first-order chi connectivity index (χ1) is 11.1. The minimum Gasteiger partial charge on any atom is -0.458 e. The van der Waals surface area contributed by atoms with Crippen molar-refractivity contribution in [3.63, 3.8) is 0 Å². The van der Waals surface area contributed by atoms with E-state index in [4.69, 9.17) is 16.3 Å². The second kappa shape index (κ2) is 6.99. The van der Waals surface area contributed by atoms with Crippen LogP contribution in [-0.4, -0.2) is 23.3 Å². The van der Waals surface area contributed by atoms with Crippen molar-refractivity contribution in [2.24, 2.45) is 0 Å². The maximum Gasteiger partial charge on any atom is 0.309 e. The van der Waals surface area contributed by atoms with Crippen LogP contribution in [0.4, 0.5) is 0 Å². The van der Waals surface area contributed by atoms with Gasteiger partial charge in [-0.2, -0.15) is 0 Å². The lowest BCUT2D eigenvalue weighted by atomic mass is 9.98. The molecule has 0 radical (unpaired) electrons. The molecule has 23 heavy (non-hydrogen) atoms. The second-order valence-corrected chi connectivity index (χ2v) is 6.01. The van der Waals surface area contributed by atoms with Crippen molar-refractivity contribution >= 4 is 23.6 Å². The van der Waals surface area contributed by atoms with E-state index in [0.717, 1.165) is 16.7 Å². The zero-order valence-electron chi connectivity index (χ0n) is 12.5. The van der Waals surface area contributed by atoms with Crippen LogP contribution in [0.5, 0.6) is 0 Å². The number of rotatable bonds is 3. The summed E-state index contributed by atoms with van der Waals surface area (Å²) < 4.78 is 5.24. The largest absolute Gasteiger partial charge is 0.458 e. The van der Waals surface area contributed by atoms with Gasteiger partial charge in [-0.05, 0) is 34.9 Å². The lowest BCUT2D eigenvalue weighted by Crippen LogP contribution is -2.31. The van der Waals surface area contributed by atoms with Crippen LogP contribution < -0.4 is 0 Å². The highest BCUT2D eigenvalue weighted by molar-refractivity contribution is 6.30. The molecule has 0 spiro atoms. The lowest BCUT2D eigenvalue weighted by Gasteiger charge is -2.23. The first kappa shape index (κ1) is 15.8. The Morgan fingerprint density at radius 2 is 1.87 bits per heavy atom. The molecular weight excluding hydrogens is 312 g/mol. The molecular formula is C19H17ClO3. The molecule has 0 bridgehead atoms. The van der Waals surface area contributed by atoms with Crippen molar-refractivity contribution in [2.75, 3.05) is 0 Å². The fourth-order valence-electron chi connectivity index (χ4n) is 2.67. The molecule has 3 rings (SSSR count). The first-order valence-electron chi connectivity index (χ1n) is 7.52. The van der Waals surface area contributed by atoms with Gasteiger partial charge in [0.25, 0.3) is 0 Å². The number of esters is 1. The van der Waals surface area contributed by atoms with Gasteiger partial charge in [0.15, 0.2) is 0 Å². The van der Waals surface area contributed by atoms with Crippen molar-refractivity contribution in [3.8, 4) is 11.1 Å². The highest BCUT2D eigenvalue weighted by Gasteiger charge is 2.25. The van der Waals surface area contributed by atoms with Crippen LogP contribution in [0.15, 0.2) is 54.6 Å². The number of cyclic esters (lactones) is 1. The Morgan fingerprint density at radius 1 is 1.13 bits per heavy atom. The van der Waals surface area contributed by atoms with Gasteiger partial charge in [0.05, 0.1) is 12.5 Å². The third-order valence-corrected chi connectivity index (χ3v) is 4.05. The van der Waals surface area contributed by atoms with E-state index >= 15 is 0 Å². The second-order valence-electron chi connectivity index (χ2n) is 5.58. The Balaban J connectivity index is 1.84. The van der Waals surface area contributed by atoms with Crippen LogP contribution in [0.1, 0.15) is 18.4 Å². The van der Waals surface area contributed by atoms with Gasteiger partial charge in [-0.15, -0.1) is 0 Å². The van der Waals surface area contributed by atoms with Crippen LogP contribution >= 0.6 is 11.6 Å². The van der Waals surface area contributed by atoms with Gasteiger partial charge < -0.3 is 9.84 Å². The third-order valence-electron chi connectivity index (χ3n) is 3.80. The highest BCUT2D eigenvalue weighted by atomic mass is 35.5. The van der Waals surface area contributed by atoms with Crippen molar-refractivity contribution in [3.05, 3.63) is 65.2 Å². The van der Waals surface area contributed by atoms with E-state index in [9.17, 15) is 9.90 Å². The molecule has 1 heterocycles. The standard InChI is InChI=1S/C19H17ClO3/c20-15-8-5-14(6-9-15)18-4-2-1-3-13(18)7-10-17-11-16(21)12-19(22)23-17/h1-10,16-17,21H,11-12H2. The molecule has 1 N–H and O–H groups in total. The van der Waals surface area contributed by atoms with Crippen LogP contribution in [0, 0.1) is 0 Å². The summed E-state index contributed by atoms with van der Waals surface area (Å²) in [4.78, 5) is 11.4. The topological polar surface area (TPSA) is 46.5 Å². The van der Waals surface area contributed by atoms with E-state index < -0.39 is 6.10 Å². The van der Waals surface area contributed by atoms with E-state index in [2.05, 4.69) is 0 Å². The molecule has 0 aromatic heterocycles. The number of hydrogen-bond acceptors (Lipinski definition) is 3. The molecule has 118 valence electrons. The van der Waals surface area contributed by atoms with E-state index in [0.29, 0.717) is 11.4 Å². The average Bonchev–Trinajstić information content (AvgIpc) is 2.53. The SMILES string of the molecule is O=C1CC(O)CC(C=Cc2ccccc2-c2ccc(Cl)cc2)O1. The molecule has 2 aromatic rings. The zero-order valence-corrected chi connectivity index (χ0v) is 13.2. The Bertz CT molecular complexity index is 722. The first-order valence-corrected chi connectivity index (χ1v) is 7.90. The maximum absolute atomic E-state index is 11.4. The quantitative estimate of drug-likeness (QED) is 0.863. The number of aliphatic hydroxyl groups excluding tert-OH is 1. The number of carbonyl (C=O) groups excluding carboxylic acids is 1. The molecule has 4 heteroatoms. The fourth-order valence-corrected chi connectivity index (χ4v) is 2.80. The van der Waals surface area contributed by atoms with E-state index in [1.165, 1.54) is 0 Å². The maximum atomic E-state index is 11.4. The highest BCUT2D eigenvalue weighted by Crippen LogP contribution is 2.27. The van der Waals surface area contributed by atoms with Gasteiger partial charge in [-0.25, -0.2) is 0 Å². The summed E-state index contributed by atoms with van der Waals surface area (Å²) in [6.45, 7) is 0. The monoisotopic (exact) mass is 328 g/mol. The predicted molar refractivity (Wildman–Crippen MR) is 91.0 cm³/mol. The summed E-state index contributed by atoms with van der Waals surface area (Å²) in [5, 5.41) is 10.4. The third kappa shape index (κ3) is 4.01. The van der Waals surface area contributed by atoms with Crippen molar-refractivity contribution in [2.45, 2.75) is 25.0 Å². The number of ether oxygens (including phenoxy) is 1. The fraction of sp³-hybridized carbons (Fsp3) is 0.211. The Hall–Kier alpha value is -2.10. The number of hydrogen-bond donors (Lipinski definition) is 1. The summed E-state index contributed by atoms with van der Waals surface area (Å²) in [6, 6.07) is 15.6. The average molecular weight is 329 g/mol. The number of halogens is 1. The van der Waals surface area contributed by atoms with Crippen LogP contribution in [0.3, 0.4) is 0 Å². The minimum atomic E-state index is -0.627. The Labute approximate surface area is 140 Å². The van der Waals surface area contributed by atoms with E-state index in [1.54, 1.807) is 0 Å². The van der Waals surface area contributed by atoms with Gasteiger partial charge in [0.1, 0.15) is 6.10 Å². The van der Waals surface area contributed by atoms with Crippen LogP contribution in [0.2, 0.25) is 5.02 Å². The summed E-state index contributed by atoms with van der Waals surface area (Å²) >= 11 is 5.94. The number of carbonyl (C=O) groups is 1. The van der Waals surface area contributed by atoms with Gasteiger partial charge >= 0.3 is 5.97 Å². The Kier molecular flexibility index (Phi) is 4.79. The van der Waals surface area contributed by atoms with Crippen molar-refractivity contribution < 1.29 is 14.6 Å². The van der Waals surface area contributed by atoms with Gasteiger partial charge in [0, 0.05) is 11.4 Å². The molecule has 2 atom stereocenters. The molecule has 1 aliphatic heterocycles. The normalized spacial score (nSPS) is 21.4. The Morgan fingerprint density at radius 3 is 2.61 bits per heavy atom. The van der Waals surface area contributed by atoms with Crippen LogP contribution in [-0.2, 0) is 9.53 Å². The van der Waals surface area contributed by atoms with Crippen molar-refractivity contribution in [1.82, 2.24) is 0 Å². The molecule has 1 fully saturated rings. The predicted octanol–water partition coefficient (Wildman–Crippen LogP) is 4.09. The molecule has 1 saturated heterocycles. The summed E-state index contributed by atoms with van der Waals surface area (Å²) in [7, 11) is 0. The summed E-state index contributed by atoms with van der Waals surface area (Å²) in [5.74, 6) is -0.357. The van der Waals surface area contributed by atoms with Gasteiger partial charge in [-0.1, -0.05) is 54.1 Å². The van der Waals surface area contributed by atoms with Crippen LogP contribution in [0.25, 0.3) is 17.2 Å². The van der Waals surface area contributed by atoms with Gasteiger partial charge in [-0.3, -0.25) is 4.79 Å². The smallest absolute Gasteiger partial charge is 0.309 e. The molecule has 3 nitrogen and oxygen atoms in total.